The first-order valence-corrected chi connectivity index (χ1v) is 45.4. The molecule has 0 aromatic rings. The fourth-order valence-electron chi connectivity index (χ4n) is 14.5. The second-order valence-corrected chi connectivity index (χ2v) is 31.5. The number of aliphatic hydroxyl groups is 2. The molecule has 0 aliphatic carbocycles. The zero-order valence-electron chi connectivity index (χ0n) is 68.7. The summed E-state index contributed by atoms with van der Waals surface area (Å²) in [6.07, 6.45) is 77.9. The van der Waals surface area contributed by atoms with E-state index < -0.39 is 12.2 Å². The number of carbonyl (C=O) groups excluding carboxylic acids is 3. The minimum Gasteiger partial charge on any atom is -0.466 e. The van der Waals surface area contributed by atoms with Gasteiger partial charge in [-0.2, -0.15) is 0 Å². The largest absolute Gasteiger partial charge is 0.466 e. The Labute approximate surface area is 629 Å². The lowest BCUT2D eigenvalue weighted by molar-refractivity contribution is -0.144. The normalized spacial score (nSPS) is 12.4. The number of carbonyl (C=O) groups is 3. The highest BCUT2D eigenvalue weighted by molar-refractivity contribution is 5.70. The first kappa shape index (κ1) is 99.2. The van der Waals surface area contributed by atoms with E-state index in [1.807, 2.05) is 0 Å². The second-order valence-electron chi connectivity index (χ2n) is 31.5. The molecule has 0 aliphatic heterocycles. The van der Waals surface area contributed by atoms with Crippen LogP contribution in [0.2, 0.25) is 0 Å². The molecule has 0 amide bonds. The lowest BCUT2D eigenvalue weighted by atomic mass is 10.0. The van der Waals surface area contributed by atoms with Crippen molar-refractivity contribution in [3.05, 3.63) is 0 Å². The third kappa shape index (κ3) is 79.1. The van der Waals surface area contributed by atoms with Crippen molar-refractivity contribution in [1.29, 1.82) is 0 Å². The van der Waals surface area contributed by atoms with Crippen LogP contribution in [0.15, 0.2) is 0 Å². The predicted molar refractivity (Wildman–Crippen MR) is 436 cm³/mol. The van der Waals surface area contributed by atoms with E-state index in [0.717, 1.165) is 77.5 Å². The van der Waals surface area contributed by atoms with Gasteiger partial charge < -0.3 is 34.6 Å². The van der Waals surface area contributed by atoms with Crippen LogP contribution in [0.25, 0.3) is 0 Å². The van der Waals surface area contributed by atoms with Gasteiger partial charge in [0, 0.05) is 58.5 Å². The van der Waals surface area contributed by atoms with Gasteiger partial charge >= 0.3 is 17.9 Å². The fraction of sp³-hybridized carbons (Fsp3) is 0.966. The van der Waals surface area contributed by atoms with Gasteiger partial charge in [0.2, 0.25) is 0 Å². The average molecular weight is 1430 g/mol. The first-order chi connectivity index (χ1) is 49.7. The van der Waals surface area contributed by atoms with E-state index in [2.05, 4.69) is 54.6 Å². The predicted octanol–water partition coefficient (Wildman–Crippen LogP) is 24.3. The Morgan fingerprint density at radius 2 is 0.446 bits per heavy atom. The quantitative estimate of drug-likeness (QED) is 0.0303. The van der Waals surface area contributed by atoms with Crippen molar-refractivity contribution >= 4 is 17.9 Å². The van der Waals surface area contributed by atoms with E-state index in [9.17, 15) is 24.6 Å². The second kappa shape index (κ2) is 83.8. The van der Waals surface area contributed by atoms with Crippen molar-refractivity contribution < 1.29 is 38.8 Å². The standard InChI is InChI=1S/C89H178N4O8/c1-6-11-16-21-26-30-34-38-39-43-47-50-55-60-72-92(82-85(94)81-90-71-65-68-87(96)99-78-62-57-52-25-20-15-10-5)76-77-93(73-61-56-51-46-42-37-33-29-24-19-14-9-4)84-86(95)83-91(74-66-69-88(97)100-79-63-58-53-48-44-40-35-31-27-22-17-12-7-2)75-67-70-89(98)101-80-64-59-54-49-45-41-36-32-28-23-18-13-8-3/h85-86,90,94-95H,6-84H2,1-5H3. The van der Waals surface area contributed by atoms with Crippen molar-refractivity contribution in [1.82, 2.24) is 20.0 Å². The number of aliphatic hydroxyl groups excluding tert-OH is 2. The number of esters is 3. The van der Waals surface area contributed by atoms with E-state index in [0.29, 0.717) is 104 Å². The molecule has 602 valence electrons. The van der Waals surface area contributed by atoms with Crippen LogP contribution in [0.4, 0.5) is 0 Å². The summed E-state index contributed by atoms with van der Waals surface area (Å²) in [5.41, 5.74) is 0. The summed E-state index contributed by atoms with van der Waals surface area (Å²) < 4.78 is 17.1. The number of nitrogens with zero attached hydrogens (tertiary/aromatic N) is 3. The van der Waals surface area contributed by atoms with Crippen LogP contribution in [-0.4, -0.2) is 147 Å². The molecule has 12 heteroatoms. The molecule has 3 N–H and O–H groups in total. The minimum absolute atomic E-state index is 0.122. The van der Waals surface area contributed by atoms with Crippen molar-refractivity contribution in [2.75, 3.05) is 91.8 Å². The highest BCUT2D eigenvalue weighted by Crippen LogP contribution is 2.19. The van der Waals surface area contributed by atoms with E-state index >= 15 is 0 Å². The van der Waals surface area contributed by atoms with Gasteiger partial charge in [0.15, 0.2) is 0 Å². The Kier molecular flexibility index (Phi) is 82.3. The molecule has 0 spiro atoms. The van der Waals surface area contributed by atoms with Gasteiger partial charge in [-0.25, -0.2) is 0 Å². The smallest absolute Gasteiger partial charge is 0.305 e. The van der Waals surface area contributed by atoms with Gasteiger partial charge in [-0.1, -0.05) is 381 Å². The van der Waals surface area contributed by atoms with E-state index in [1.54, 1.807) is 0 Å². The summed E-state index contributed by atoms with van der Waals surface area (Å²) in [4.78, 5) is 46.0. The molecule has 12 nitrogen and oxygen atoms in total. The van der Waals surface area contributed by atoms with Crippen LogP contribution >= 0.6 is 0 Å². The molecule has 0 saturated heterocycles. The van der Waals surface area contributed by atoms with E-state index in [1.165, 1.54) is 327 Å². The van der Waals surface area contributed by atoms with Crippen LogP contribution in [0, 0.1) is 0 Å². The zero-order chi connectivity index (χ0) is 73.3. The number of unbranched alkanes of at least 4 members (excludes halogenated alkanes) is 54. The van der Waals surface area contributed by atoms with E-state index in [4.69, 9.17) is 14.2 Å². The highest BCUT2D eigenvalue weighted by Gasteiger charge is 2.20. The fourth-order valence-corrected chi connectivity index (χ4v) is 14.5. The Hall–Kier alpha value is -1.83. The molecule has 0 aromatic carbocycles. The number of nitrogens with one attached hydrogen (secondary N) is 1. The molecule has 0 heterocycles. The molecule has 2 unspecified atom stereocenters. The maximum absolute atomic E-state index is 13.1. The third-order valence-electron chi connectivity index (χ3n) is 21.2. The van der Waals surface area contributed by atoms with E-state index in [-0.39, 0.29) is 17.9 Å². The van der Waals surface area contributed by atoms with Gasteiger partial charge in [0.05, 0.1) is 32.0 Å². The average Bonchev–Trinajstić information content (AvgIpc) is 1.36. The third-order valence-corrected chi connectivity index (χ3v) is 21.2. The molecular weight excluding hydrogens is 1250 g/mol. The van der Waals surface area contributed by atoms with Crippen LogP contribution < -0.4 is 5.32 Å². The molecule has 0 saturated carbocycles. The molecule has 0 rings (SSSR count). The number of hydrogen-bond acceptors (Lipinski definition) is 12. The van der Waals surface area contributed by atoms with Crippen LogP contribution in [0.1, 0.15) is 452 Å². The summed E-state index contributed by atoms with van der Waals surface area (Å²) in [6, 6.07) is 0. The number of ether oxygens (including phenoxy) is 3. The maximum Gasteiger partial charge on any atom is 0.305 e. The molecular formula is C89H178N4O8. The summed E-state index contributed by atoms with van der Waals surface area (Å²) >= 11 is 0. The van der Waals surface area contributed by atoms with Gasteiger partial charge in [-0.15, -0.1) is 0 Å². The highest BCUT2D eigenvalue weighted by atomic mass is 16.5. The lowest BCUT2D eigenvalue weighted by Gasteiger charge is -2.32. The Bertz CT molecular complexity index is 1590. The van der Waals surface area contributed by atoms with Gasteiger partial charge in [-0.05, 0) is 84.1 Å². The van der Waals surface area contributed by atoms with Crippen LogP contribution in [0.5, 0.6) is 0 Å². The summed E-state index contributed by atoms with van der Waals surface area (Å²) in [5, 5.41) is 27.2. The van der Waals surface area contributed by atoms with Crippen molar-refractivity contribution in [3.8, 4) is 0 Å². The van der Waals surface area contributed by atoms with Gasteiger partial charge in [0.1, 0.15) is 0 Å². The van der Waals surface area contributed by atoms with Crippen molar-refractivity contribution in [2.45, 2.75) is 464 Å². The Morgan fingerprint density at radius 1 is 0.248 bits per heavy atom. The molecule has 0 aromatic heterocycles. The monoisotopic (exact) mass is 1430 g/mol. The summed E-state index contributed by atoms with van der Waals surface area (Å²) in [6.45, 7) is 20.4. The molecule has 2 atom stereocenters. The molecule has 101 heavy (non-hydrogen) atoms. The van der Waals surface area contributed by atoms with Gasteiger partial charge in [-0.3, -0.25) is 24.2 Å². The first-order valence-electron chi connectivity index (χ1n) is 45.4. The molecule has 0 radical (unpaired) electrons. The van der Waals surface area contributed by atoms with Crippen LogP contribution in [0.3, 0.4) is 0 Å². The summed E-state index contributed by atoms with van der Waals surface area (Å²) in [7, 11) is 0. The van der Waals surface area contributed by atoms with Crippen LogP contribution in [-0.2, 0) is 28.6 Å². The molecule has 0 aliphatic rings. The number of rotatable bonds is 87. The topological polar surface area (TPSA) is 141 Å². The molecule has 0 bridgehead atoms. The summed E-state index contributed by atoms with van der Waals surface area (Å²) in [5.74, 6) is -0.399. The molecule has 0 fully saturated rings. The number of hydrogen-bond donors (Lipinski definition) is 3. The van der Waals surface area contributed by atoms with Gasteiger partial charge in [0.25, 0.3) is 0 Å². The Morgan fingerprint density at radius 3 is 0.703 bits per heavy atom. The minimum atomic E-state index is -0.607. The lowest BCUT2D eigenvalue weighted by Crippen LogP contribution is -2.46. The van der Waals surface area contributed by atoms with Crippen molar-refractivity contribution in [2.24, 2.45) is 0 Å². The maximum atomic E-state index is 13.1. The Balaban J connectivity index is 5.91. The van der Waals surface area contributed by atoms with Crippen molar-refractivity contribution in [3.63, 3.8) is 0 Å². The SMILES string of the molecule is CCCCCCCCCCCCCCCCN(CCN(CCCCCCCCCCCCCC)CC(O)CN(CCCC(=O)OCCCCCCCCCCCCCCC)CCCC(=O)OCCCCCCCCCCCCCCC)CC(O)CNCCCC(=O)OCCCCCCCCC. The zero-order valence-corrected chi connectivity index (χ0v) is 68.7.